The van der Waals surface area contributed by atoms with Gasteiger partial charge >= 0.3 is 5.97 Å². The van der Waals surface area contributed by atoms with Crippen molar-refractivity contribution in [1.29, 1.82) is 0 Å². The average Bonchev–Trinajstić information content (AvgIpc) is 3.44. The maximum Gasteiger partial charge on any atom is 0.331 e. The Morgan fingerprint density at radius 2 is 1.59 bits per heavy atom. The standard InChI is InChI=1S/C31H36N4O4/c1-38-29(36)23-39-27-15-17-33(22-27)20-26-21-34(28-14-8-9-16-32-28)18-19-35(26)31(37)30(24-10-4-2-5-11-24)25-12-6-3-7-13-25/h2-14,16,26-27,30H,15,17-23H2,1H3. The Morgan fingerprint density at radius 1 is 0.897 bits per heavy atom. The van der Waals surface area contributed by atoms with Crippen molar-refractivity contribution in [3.05, 3.63) is 96.2 Å². The van der Waals surface area contributed by atoms with Gasteiger partial charge in [-0.2, -0.15) is 0 Å². The van der Waals surface area contributed by atoms with E-state index < -0.39 is 0 Å². The summed E-state index contributed by atoms with van der Waals surface area (Å²) in [5, 5.41) is 0. The predicted octanol–water partition coefficient (Wildman–Crippen LogP) is 3.19. The van der Waals surface area contributed by atoms with Gasteiger partial charge in [-0.3, -0.25) is 9.69 Å². The van der Waals surface area contributed by atoms with E-state index in [2.05, 4.69) is 19.7 Å². The smallest absolute Gasteiger partial charge is 0.331 e. The number of amides is 1. The largest absolute Gasteiger partial charge is 0.467 e. The van der Waals surface area contributed by atoms with Crippen molar-refractivity contribution < 1.29 is 19.1 Å². The highest BCUT2D eigenvalue weighted by Gasteiger charge is 2.37. The van der Waals surface area contributed by atoms with Gasteiger partial charge in [0.25, 0.3) is 0 Å². The summed E-state index contributed by atoms with van der Waals surface area (Å²) in [6.07, 6.45) is 2.63. The summed E-state index contributed by atoms with van der Waals surface area (Å²) < 4.78 is 10.5. The number of methoxy groups -OCH3 is 1. The fourth-order valence-electron chi connectivity index (χ4n) is 5.63. The molecule has 2 atom stereocenters. The van der Waals surface area contributed by atoms with Crippen LogP contribution in [0.5, 0.6) is 0 Å². The third kappa shape index (κ3) is 6.64. The highest BCUT2D eigenvalue weighted by Crippen LogP contribution is 2.30. The molecule has 204 valence electrons. The van der Waals surface area contributed by atoms with Crippen LogP contribution in [-0.4, -0.2) is 91.8 Å². The van der Waals surface area contributed by atoms with Gasteiger partial charge in [0.05, 0.1) is 25.2 Å². The molecule has 2 saturated heterocycles. The summed E-state index contributed by atoms with van der Waals surface area (Å²) in [6.45, 7) is 4.31. The molecule has 8 heteroatoms. The Kier molecular flexibility index (Phi) is 8.85. The van der Waals surface area contributed by atoms with Crippen LogP contribution in [0.1, 0.15) is 23.5 Å². The van der Waals surface area contributed by atoms with Crippen LogP contribution < -0.4 is 4.90 Å². The van der Waals surface area contributed by atoms with Crippen LogP contribution in [0.25, 0.3) is 0 Å². The molecule has 0 radical (unpaired) electrons. The number of anilines is 1. The fraction of sp³-hybridized carbons (Fsp3) is 0.387. The van der Waals surface area contributed by atoms with Gasteiger partial charge in [-0.1, -0.05) is 66.7 Å². The third-order valence-electron chi connectivity index (χ3n) is 7.61. The van der Waals surface area contributed by atoms with Crippen molar-refractivity contribution in [2.24, 2.45) is 0 Å². The monoisotopic (exact) mass is 528 g/mol. The van der Waals surface area contributed by atoms with Crippen molar-refractivity contribution in [2.75, 3.05) is 57.9 Å². The normalized spacial score (nSPS) is 19.8. The molecular weight excluding hydrogens is 492 g/mol. The van der Waals surface area contributed by atoms with Gasteiger partial charge in [-0.05, 0) is 29.7 Å². The molecule has 8 nitrogen and oxygen atoms in total. The van der Waals surface area contributed by atoms with Crippen molar-refractivity contribution in [2.45, 2.75) is 24.5 Å². The second-order valence-corrected chi connectivity index (χ2v) is 10.1. The van der Waals surface area contributed by atoms with Gasteiger partial charge in [-0.25, -0.2) is 9.78 Å². The molecule has 1 aromatic heterocycles. The van der Waals surface area contributed by atoms with Crippen LogP contribution in [0.15, 0.2) is 85.1 Å². The van der Waals surface area contributed by atoms with E-state index in [0.29, 0.717) is 13.1 Å². The van der Waals surface area contributed by atoms with E-state index in [1.165, 1.54) is 7.11 Å². The number of hydrogen-bond acceptors (Lipinski definition) is 7. The summed E-state index contributed by atoms with van der Waals surface area (Å²) in [5.74, 6) is 0.316. The van der Waals surface area contributed by atoms with Gasteiger partial charge in [-0.15, -0.1) is 0 Å². The first-order chi connectivity index (χ1) is 19.1. The van der Waals surface area contributed by atoms with Gasteiger partial charge in [0, 0.05) is 45.5 Å². The van der Waals surface area contributed by atoms with Crippen LogP contribution >= 0.6 is 0 Å². The summed E-state index contributed by atoms with van der Waals surface area (Å²) in [5.41, 5.74) is 1.99. The van der Waals surface area contributed by atoms with Gasteiger partial charge < -0.3 is 19.3 Å². The van der Waals surface area contributed by atoms with Gasteiger partial charge in [0.15, 0.2) is 0 Å². The second kappa shape index (κ2) is 12.9. The number of hydrogen-bond donors (Lipinski definition) is 0. The summed E-state index contributed by atoms with van der Waals surface area (Å²) in [6, 6.07) is 26.0. The van der Waals surface area contributed by atoms with Crippen LogP contribution in [0.2, 0.25) is 0 Å². The highest BCUT2D eigenvalue weighted by molar-refractivity contribution is 5.87. The number of carbonyl (C=O) groups excluding carboxylic acids is 2. The molecule has 0 bridgehead atoms. The predicted molar refractivity (Wildman–Crippen MR) is 149 cm³/mol. The third-order valence-corrected chi connectivity index (χ3v) is 7.61. The van der Waals surface area contributed by atoms with Crippen LogP contribution in [0.4, 0.5) is 5.82 Å². The number of aromatic nitrogens is 1. The molecule has 2 unspecified atom stereocenters. The molecule has 0 spiro atoms. The molecule has 3 aromatic rings. The van der Waals surface area contributed by atoms with Gasteiger partial charge in [0.1, 0.15) is 12.4 Å². The molecule has 5 rings (SSSR count). The molecule has 2 aromatic carbocycles. The fourth-order valence-corrected chi connectivity index (χ4v) is 5.63. The van der Waals surface area contributed by atoms with Crippen LogP contribution in [-0.2, 0) is 19.1 Å². The Morgan fingerprint density at radius 3 is 2.23 bits per heavy atom. The lowest BCUT2D eigenvalue weighted by Crippen LogP contribution is -2.59. The molecule has 2 aliphatic heterocycles. The molecule has 39 heavy (non-hydrogen) atoms. The average molecular weight is 529 g/mol. The van der Waals surface area contributed by atoms with E-state index in [4.69, 9.17) is 9.47 Å². The number of ether oxygens (including phenoxy) is 2. The molecule has 0 aliphatic carbocycles. The molecule has 3 heterocycles. The lowest BCUT2D eigenvalue weighted by Gasteiger charge is -2.44. The molecular formula is C31H36N4O4. The number of nitrogens with zero attached hydrogens (tertiary/aromatic N) is 4. The minimum Gasteiger partial charge on any atom is -0.467 e. The zero-order chi connectivity index (χ0) is 27.0. The maximum absolute atomic E-state index is 14.4. The Bertz CT molecular complexity index is 1170. The van der Waals surface area contributed by atoms with Crippen LogP contribution in [0.3, 0.4) is 0 Å². The second-order valence-electron chi connectivity index (χ2n) is 10.1. The minimum atomic E-state index is -0.369. The first-order valence-corrected chi connectivity index (χ1v) is 13.6. The SMILES string of the molecule is COC(=O)COC1CCN(CC2CN(c3ccccn3)CCN2C(=O)C(c2ccccc2)c2ccccc2)C1. The van der Waals surface area contributed by atoms with E-state index in [0.717, 1.165) is 49.5 Å². The number of rotatable bonds is 9. The van der Waals surface area contributed by atoms with Crippen molar-refractivity contribution in [3.8, 4) is 0 Å². The number of esters is 1. The number of piperazine rings is 1. The molecule has 0 N–H and O–H groups in total. The van der Waals surface area contributed by atoms with E-state index in [9.17, 15) is 9.59 Å². The molecule has 2 aliphatic rings. The Hall–Kier alpha value is -3.75. The molecule has 2 fully saturated rings. The van der Waals surface area contributed by atoms with E-state index >= 15 is 0 Å². The molecule has 0 saturated carbocycles. The van der Waals surface area contributed by atoms with E-state index in [1.54, 1.807) is 0 Å². The minimum absolute atomic E-state index is 0.0230. The van der Waals surface area contributed by atoms with Crippen molar-refractivity contribution in [3.63, 3.8) is 0 Å². The lowest BCUT2D eigenvalue weighted by atomic mass is 9.89. The lowest BCUT2D eigenvalue weighted by molar-refractivity contribution is -0.147. The number of likely N-dealkylation sites (tertiary alicyclic amines) is 1. The maximum atomic E-state index is 14.4. The van der Waals surface area contributed by atoms with Crippen LogP contribution in [0, 0.1) is 0 Å². The highest BCUT2D eigenvalue weighted by atomic mass is 16.6. The number of pyridine rings is 1. The zero-order valence-electron chi connectivity index (χ0n) is 22.4. The zero-order valence-corrected chi connectivity index (χ0v) is 22.4. The van der Waals surface area contributed by atoms with Crippen molar-refractivity contribution >= 4 is 17.7 Å². The van der Waals surface area contributed by atoms with Crippen molar-refractivity contribution in [1.82, 2.24) is 14.8 Å². The number of benzene rings is 2. The molecule has 1 amide bonds. The van der Waals surface area contributed by atoms with E-state index in [-0.39, 0.29) is 36.5 Å². The van der Waals surface area contributed by atoms with E-state index in [1.807, 2.05) is 85.1 Å². The summed E-state index contributed by atoms with van der Waals surface area (Å²) in [7, 11) is 1.37. The van der Waals surface area contributed by atoms with Gasteiger partial charge in [0.2, 0.25) is 5.91 Å². The summed E-state index contributed by atoms with van der Waals surface area (Å²) in [4.78, 5) is 37.2. The Labute approximate surface area is 230 Å². The first-order valence-electron chi connectivity index (χ1n) is 13.6. The summed E-state index contributed by atoms with van der Waals surface area (Å²) >= 11 is 0. The Balaban J connectivity index is 1.37. The number of carbonyl (C=O) groups is 2. The quantitative estimate of drug-likeness (QED) is 0.395. The first kappa shape index (κ1) is 26.8. The topological polar surface area (TPSA) is 75.2 Å².